The van der Waals surface area contributed by atoms with Crippen LogP contribution >= 0.6 is 12.4 Å². The summed E-state index contributed by atoms with van der Waals surface area (Å²) in [5, 5.41) is 8.01. The predicted octanol–water partition coefficient (Wildman–Crippen LogP) is 3.82. The molecule has 0 radical (unpaired) electrons. The Kier molecular flexibility index (Phi) is 7.60. The van der Waals surface area contributed by atoms with Gasteiger partial charge in [0.25, 0.3) is 5.91 Å². The number of aromatic nitrogens is 3. The molecule has 0 unspecified atom stereocenters. The Morgan fingerprint density at radius 1 is 1.03 bits per heavy atom. The van der Waals surface area contributed by atoms with Gasteiger partial charge in [-0.2, -0.15) is 0 Å². The van der Waals surface area contributed by atoms with Crippen LogP contribution in [-0.4, -0.2) is 51.8 Å². The fourth-order valence-corrected chi connectivity index (χ4v) is 3.76. The molecule has 0 saturated carbocycles. The number of carbonyl (C=O) groups is 1. The number of halogens is 1. The predicted molar refractivity (Wildman–Crippen MR) is 121 cm³/mol. The van der Waals surface area contributed by atoms with Crippen molar-refractivity contribution in [2.24, 2.45) is 5.92 Å². The highest BCUT2D eigenvalue weighted by atomic mass is 35.5. The van der Waals surface area contributed by atoms with Crippen LogP contribution in [0.2, 0.25) is 0 Å². The monoisotopic (exact) mass is 425 g/mol. The summed E-state index contributed by atoms with van der Waals surface area (Å²) >= 11 is 0. The van der Waals surface area contributed by atoms with Crippen molar-refractivity contribution in [2.45, 2.75) is 19.8 Å². The van der Waals surface area contributed by atoms with Crippen molar-refractivity contribution in [3.8, 4) is 17.1 Å². The zero-order chi connectivity index (χ0) is 20.1. The van der Waals surface area contributed by atoms with E-state index in [1.165, 1.54) is 0 Å². The normalized spacial score (nSPS) is 14.4. The lowest BCUT2D eigenvalue weighted by atomic mass is 9.97. The first-order valence-corrected chi connectivity index (χ1v) is 10.3. The average molecular weight is 426 g/mol. The molecule has 3 aromatic rings. The van der Waals surface area contributed by atoms with Gasteiger partial charge in [0.05, 0.1) is 5.69 Å². The van der Waals surface area contributed by atoms with Gasteiger partial charge in [-0.15, -0.1) is 17.5 Å². The number of hydrogen-bond acceptors (Lipinski definition) is 4. The number of benzene rings is 2. The Labute approximate surface area is 183 Å². The summed E-state index contributed by atoms with van der Waals surface area (Å²) in [6, 6.07) is 19.7. The second-order valence-corrected chi connectivity index (χ2v) is 7.42. The minimum absolute atomic E-state index is 0. The van der Waals surface area contributed by atoms with Crippen LogP contribution in [0.25, 0.3) is 17.1 Å². The molecule has 30 heavy (non-hydrogen) atoms. The van der Waals surface area contributed by atoms with Crippen LogP contribution in [0.3, 0.4) is 0 Å². The van der Waals surface area contributed by atoms with E-state index in [4.69, 9.17) is 0 Å². The summed E-state index contributed by atoms with van der Waals surface area (Å²) in [6.45, 7) is 5.66. The SMILES string of the molecule is CCNCC1CCN(C(=O)c2nc(-c3ccccc3)n(-c3ccccc3)n2)CC1.Cl. The molecule has 0 atom stereocenters. The number of amides is 1. The average Bonchev–Trinajstić information content (AvgIpc) is 3.24. The van der Waals surface area contributed by atoms with Gasteiger partial charge in [-0.1, -0.05) is 55.5 Å². The maximum absolute atomic E-state index is 13.1. The quantitative estimate of drug-likeness (QED) is 0.652. The summed E-state index contributed by atoms with van der Waals surface area (Å²) in [4.78, 5) is 19.7. The van der Waals surface area contributed by atoms with Gasteiger partial charge in [-0.05, 0) is 44.0 Å². The smallest absolute Gasteiger partial charge is 0.293 e. The van der Waals surface area contributed by atoms with E-state index in [0.717, 1.165) is 50.3 Å². The molecule has 6 nitrogen and oxygen atoms in total. The van der Waals surface area contributed by atoms with Crippen molar-refractivity contribution in [1.82, 2.24) is 25.0 Å². The molecule has 0 aliphatic carbocycles. The summed E-state index contributed by atoms with van der Waals surface area (Å²) < 4.78 is 1.76. The first-order chi connectivity index (χ1) is 14.3. The van der Waals surface area contributed by atoms with E-state index in [0.29, 0.717) is 11.7 Å². The number of para-hydroxylation sites is 1. The molecule has 7 heteroatoms. The third-order valence-electron chi connectivity index (χ3n) is 5.42. The number of piperidine rings is 1. The third-order valence-corrected chi connectivity index (χ3v) is 5.42. The Balaban J connectivity index is 0.00000256. The summed E-state index contributed by atoms with van der Waals surface area (Å²) in [5.41, 5.74) is 1.83. The van der Waals surface area contributed by atoms with Crippen LogP contribution in [-0.2, 0) is 0 Å². The fourth-order valence-electron chi connectivity index (χ4n) is 3.76. The molecule has 158 valence electrons. The molecular formula is C23H28ClN5O. The fraction of sp³-hybridized carbons (Fsp3) is 0.348. The van der Waals surface area contributed by atoms with Crippen molar-refractivity contribution < 1.29 is 4.79 Å². The molecule has 0 bridgehead atoms. The lowest BCUT2D eigenvalue weighted by Gasteiger charge is -2.31. The van der Waals surface area contributed by atoms with Crippen molar-refractivity contribution in [3.05, 3.63) is 66.5 Å². The lowest BCUT2D eigenvalue weighted by molar-refractivity contribution is 0.0678. The molecule has 4 rings (SSSR count). The number of nitrogens with one attached hydrogen (secondary N) is 1. The van der Waals surface area contributed by atoms with Crippen molar-refractivity contribution in [2.75, 3.05) is 26.2 Å². The Morgan fingerprint density at radius 2 is 1.67 bits per heavy atom. The molecule has 1 N–H and O–H groups in total. The van der Waals surface area contributed by atoms with Gasteiger partial charge in [0.2, 0.25) is 5.82 Å². The number of hydrogen-bond donors (Lipinski definition) is 1. The molecular weight excluding hydrogens is 398 g/mol. The molecule has 1 fully saturated rings. The van der Waals surface area contributed by atoms with Gasteiger partial charge in [-0.25, -0.2) is 9.67 Å². The van der Waals surface area contributed by atoms with Gasteiger partial charge in [0, 0.05) is 18.7 Å². The van der Waals surface area contributed by atoms with Gasteiger partial charge in [-0.3, -0.25) is 4.79 Å². The van der Waals surface area contributed by atoms with Crippen LogP contribution in [0.5, 0.6) is 0 Å². The van der Waals surface area contributed by atoms with Gasteiger partial charge >= 0.3 is 0 Å². The molecule has 0 spiro atoms. The molecule has 1 saturated heterocycles. The number of carbonyl (C=O) groups excluding carboxylic acids is 1. The molecule has 1 amide bonds. The number of rotatable bonds is 6. The maximum Gasteiger partial charge on any atom is 0.293 e. The second kappa shape index (κ2) is 10.4. The summed E-state index contributed by atoms with van der Waals surface area (Å²) in [7, 11) is 0. The van der Waals surface area contributed by atoms with E-state index in [1.54, 1.807) is 4.68 Å². The highest BCUT2D eigenvalue weighted by Crippen LogP contribution is 2.23. The topological polar surface area (TPSA) is 63.1 Å². The Bertz CT molecular complexity index is 880. The minimum Gasteiger partial charge on any atom is -0.336 e. The van der Waals surface area contributed by atoms with E-state index in [-0.39, 0.29) is 24.1 Å². The van der Waals surface area contributed by atoms with E-state index in [9.17, 15) is 4.79 Å². The molecule has 1 aliphatic rings. The van der Waals surface area contributed by atoms with Crippen molar-refractivity contribution in [3.63, 3.8) is 0 Å². The van der Waals surface area contributed by atoms with Gasteiger partial charge in [0.1, 0.15) is 0 Å². The first-order valence-electron chi connectivity index (χ1n) is 10.3. The Morgan fingerprint density at radius 3 is 2.30 bits per heavy atom. The Hall–Kier alpha value is -2.70. The second-order valence-electron chi connectivity index (χ2n) is 7.42. The number of nitrogens with zero attached hydrogens (tertiary/aromatic N) is 4. The van der Waals surface area contributed by atoms with E-state index in [1.807, 2.05) is 65.6 Å². The van der Waals surface area contributed by atoms with Crippen molar-refractivity contribution in [1.29, 1.82) is 0 Å². The van der Waals surface area contributed by atoms with E-state index < -0.39 is 0 Å². The maximum atomic E-state index is 13.1. The van der Waals surface area contributed by atoms with Crippen LogP contribution in [0, 0.1) is 5.92 Å². The zero-order valence-corrected chi connectivity index (χ0v) is 18.0. The van der Waals surface area contributed by atoms with Crippen molar-refractivity contribution >= 4 is 18.3 Å². The third kappa shape index (κ3) is 4.89. The standard InChI is InChI=1S/C23H27N5O.ClH/c1-2-24-17-18-13-15-27(16-14-18)23(29)21-25-22(19-9-5-3-6-10-19)28(26-21)20-11-7-4-8-12-20;/h3-12,18,24H,2,13-17H2,1H3;1H. The largest absolute Gasteiger partial charge is 0.336 e. The zero-order valence-electron chi connectivity index (χ0n) is 17.2. The molecule has 1 aliphatic heterocycles. The van der Waals surface area contributed by atoms with E-state index >= 15 is 0 Å². The highest BCUT2D eigenvalue weighted by molar-refractivity contribution is 5.91. The highest BCUT2D eigenvalue weighted by Gasteiger charge is 2.27. The lowest BCUT2D eigenvalue weighted by Crippen LogP contribution is -2.41. The first kappa shape index (κ1) is 22.0. The van der Waals surface area contributed by atoms with Gasteiger partial charge < -0.3 is 10.2 Å². The van der Waals surface area contributed by atoms with Crippen LogP contribution in [0.1, 0.15) is 30.4 Å². The number of likely N-dealkylation sites (tertiary alicyclic amines) is 1. The van der Waals surface area contributed by atoms with Crippen LogP contribution in [0.4, 0.5) is 0 Å². The van der Waals surface area contributed by atoms with E-state index in [2.05, 4.69) is 22.3 Å². The molecule has 2 heterocycles. The summed E-state index contributed by atoms with van der Waals surface area (Å²) in [6.07, 6.45) is 2.04. The minimum atomic E-state index is -0.0845. The molecule has 2 aromatic carbocycles. The van der Waals surface area contributed by atoms with Crippen LogP contribution < -0.4 is 5.32 Å². The molecule has 1 aromatic heterocycles. The summed E-state index contributed by atoms with van der Waals surface area (Å²) in [5.74, 6) is 1.49. The van der Waals surface area contributed by atoms with Crippen LogP contribution in [0.15, 0.2) is 60.7 Å². The van der Waals surface area contributed by atoms with Gasteiger partial charge in [0.15, 0.2) is 5.82 Å².